The molecule has 0 saturated carbocycles. The van der Waals surface area contributed by atoms with Gasteiger partial charge in [0.2, 0.25) is 17.5 Å². The van der Waals surface area contributed by atoms with Gasteiger partial charge in [-0.25, -0.2) is 9.83 Å². The zero-order valence-electron chi connectivity index (χ0n) is 31.5. The van der Waals surface area contributed by atoms with Crippen LogP contribution in [0.15, 0.2) is 54.7 Å². The number of hydrogen-bond donors (Lipinski definition) is 1. The van der Waals surface area contributed by atoms with E-state index in [0.29, 0.717) is 28.5 Å². The number of nitrogens with zero attached hydrogens (tertiary/aromatic N) is 7. The Morgan fingerprint density at radius 1 is 0.893 bits per heavy atom. The average molecular weight is 777 g/mol. The maximum absolute atomic E-state index is 13.2. The van der Waals surface area contributed by atoms with Gasteiger partial charge in [0.05, 0.1) is 29.6 Å². The predicted molar refractivity (Wildman–Crippen MR) is 212 cm³/mol. The molecule has 2 atom stereocenters. The molecule has 5 fully saturated rings. The molecular weight excluding hydrogens is 732 g/mol. The Hall–Kier alpha value is -5.19. The smallest absolute Gasteiger partial charge is 0.262 e. The molecule has 56 heavy (non-hydrogen) atoms. The zero-order chi connectivity index (χ0) is 38.7. The first kappa shape index (κ1) is 36.4. The van der Waals surface area contributed by atoms with Crippen LogP contribution in [-0.2, 0) is 9.59 Å². The van der Waals surface area contributed by atoms with Gasteiger partial charge in [0.1, 0.15) is 23.7 Å². The summed E-state index contributed by atoms with van der Waals surface area (Å²) in [6.45, 7) is 16.1. The van der Waals surface area contributed by atoms with E-state index in [1.807, 2.05) is 24.4 Å². The molecule has 7 heterocycles. The number of rotatable bonds is 7. The molecule has 14 heteroatoms. The number of nitrogens with one attached hydrogen (secondary N) is 1. The number of piperidine rings is 3. The second-order valence-electron chi connectivity index (χ2n) is 16.4. The van der Waals surface area contributed by atoms with Crippen LogP contribution in [-0.4, -0.2) is 108 Å². The first-order valence-electron chi connectivity index (χ1n) is 19.7. The Balaban J connectivity index is 0.726. The monoisotopic (exact) mass is 776 g/mol. The van der Waals surface area contributed by atoms with Crippen molar-refractivity contribution in [3.63, 3.8) is 0 Å². The van der Waals surface area contributed by atoms with E-state index in [0.717, 1.165) is 94.3 Å². The zero-order valence-corrected chi connectivity index (χ0v) is 32.2. The standard InChI is InChI=1S/C42H45ClN8O5/c1-26-21-42(25-50(26)28-3-7-35(44-2)34(43)19-28)13-17-47(18-14-42)29-4-9-37(45-22-29)48-15-11-27(12-16-48)49-23-31(24-49)56-30-5-6-32-33(20-30)41(55)51(40(32)54)36-8-10-38(52)46-39(36)53/h3-7,9,19-20,22,26-27,31,36H,8,10-18,21,23-25H2,1H3,(H,46,52,53)/t26-,36?/m0/s1. The molecule has 0 aliphatic carbocycles. The first-order chi connectivity index (χ1) is 27.1. The van der Waals surface area contributed by atoms with E-state index >= 15 is 0 Å². The molecule has 1 aromatic heterocycles. The van der Waals surface area contributed by atoms with E-state index in [1.165, 1.54) is 5.69 Å². The Bertz CT molecular complexity index is 2120. The van der Waals surface area contributed by atoms with Gasteiger partial charge in [-0.3, -0.25) is 34.3 Å². The highest BCUT2D eigenvalue weighted by molar-refractivity contribution is 6.33. The number of anilines is 3. The fourth-order valence-electron chi connectivity index (χ4n) is 9.80. The molecule has 2 aromatic carbocycles. The molecule has 0 radical (unpaired) electrons. The summed E-state index contributed by atoms with van der Waals surface area (Å²) in [5.41, 5.74) is 3.55. The van der Waals surface area contributed by atoms with E-state index in [-0.39, 0.29) is 35.5 Å². The van der Waals surface area contributed by atoms with Gasteiger partial charge in [0.25, 0.3) is 11.8 Å². The molecule has 290 valence electrons. The number of halogens is 1. The lowest BCUT2D eigenvalue weighted by Gasteiger charge is -2.47. The van der Waals surface area contributed by atoms with Crippen LogP contribution in [0.25, 0.3) is 4.85 Å². The lowest BCUT2D eigenvalue weighted by Crippen LogP contribution is -2.59. The third-order valence-corrected chi connectivity index (χ3v) is 13.3. The molecule has 1 unspecified atom stereocenters. The quantitative estimate of drug-likeness (QED) is 0.250. The minimum atomic E-state index is -0.988. The third-order valence-electron chi connectivity index (χ3n) is 13.0. The number of carbonyl (C=O) groups excluding carboxylic acids is 4. The average Bonchev–Trinajstić information content (AvgIpc) is 3.64. The van der Waals surface area contributed by atoms with Crippen molar-refractivity contribution in [2.45, 2.75) is 76.1 Å². The van der Waals surface area contributed by atoms with Gasteiger partial charge in [-0.1, -0.05) is 17.7 Å². The van der Waals surface area contributed by atoms with Crippen LogP contribution >= 0.6 is 11.6 Å². The molecule has 5 saturated heterocycles. The Morgan fingerprint density at radius 3 is 2.34 bits per heavy atom. The summed E-state index contributed by atoms with van der Waals surface area (Å²) in [5.74, 6) is -0.519. The van der Waals surface area contributed by atoms with Crippen molar-refractivity contribution in [2.75, 3.05) is 60.5 Å². The number of fused-ring (bicyclic) bond motifs is 1. The summed E-state index contributed by atoms with van der Waals surface area (Å²) in [7, 11) is 0. The number of likely N-dealkylation sites (tertiary alicyclic amines) is 1. The number of aromatic nitrogens is 1. The van der Waals surface area contributed by atoms with Crippen molar-refractivity contribution in [3.05, 3.63) is 82.3 Å². The molecule has 3 aromatic rings. The summed E-state index contributed by atoms with van der Waals surface area (Å²) in [6, 6.07) is 15.0. The van der Waals surface area contributed by atoms with Crippen LogP contribution in [0, 0.1) is 12.0 Å². The van der Waals surface area contributed by atoms with E-state index in [1.54, 1.807) is 18.2 Å². The molecule has 6 aliphatic rings. The molecule has 1 spiro atoms. The van der Waals surface area contributed by atoms with Crippen molar-refractivity contribution in [2.24, 2.45) is 5.41 Å². The van der Waals surface area contributed by atoms with Crippen LogP contribution < -0.4 is 24.8 Å². The summed E-state index contributed by atoms with van der Waals surface area (Å²) in [5, 5.41) is 2.75. The van der Waals surface area contributed by atoms with Crippen molar-refractivity contribution >= 4 is 58.1 Å². The highest BCUT2D eigenvalue weighted by atomic mass is 35.5. The van der Waals surface area contributed by atoms with Gasteiger partial charge in [-0.15, -0.1) is 0 Å². The van der Waals surface area contributed by atoms with Gasteiger partial charge in [-0.05, 0) is 93.3 Å². The number of carbonyl (C=O) groups is 4. The molecule has 6 aliphatic heterocycles. The topological polar surface area (TPSA) is 123 Å². The van der Waals surface area contributed by atoms with Crippen molar-refractivity contribution in [1.82, 2.24) is 20.1 Å². The number of ether oxygens (including phenoxy) is 1. The van der Waals surface area contributed by atoms with Gasteiger partial charge in [-0.2, -0.15) is 0 Å². The summed E-state index contributed by atoms with van der Waals surface area (Å²) >= 11 is 6.39. The summed E-state index contributed by atoms with van der Waals surface area (Å²) in [4.78, 5) is 69.4. The molecule has 1 N–H and O–H groups in total. The predicted octanol–water partition coefficient (Wildman–Crippen LogP) is 5.30. The fourth-order valence-corrected chi connectivity index (χ4v) is 10.0. The summed E-state index contributed by atoms with van der Waals surface area (Å²) in [6.07, 6.45) is 7.76. The maximum atomic E-state index is 13.2. The largest absolute Gasteiger partial charge is 0.488 e. The Labute approximate surface area is 331 Å². The van der Waals surface area contributed by atoms with Gasteiger partial charge in [0, 0.05) is 75.0 Å². The highest BCUT2D eigenvalue weighted by Gasteiger charge is 2.46. The van der Waals surface area contributed by atoms with Gasteiger partial charge < -0.3 is 19.4 Å². The normalized spacial score (nSPS) is 24.4. The minimum Gasteiger partial charge on any atom is -0.488 e. The molecule has 13 nitrogen and oxygen atoms in total. The molecule has 9 rings (SSSR count). The second-order valence-corrected chi connectivity index (χ2v) is 16.8. The van der Waals surface area contributed by atoms with Gasteiger partial charge in [0.15, 0.2) is 0 Å². The van der Waals surface area contributed by atoms with Crippen LogP contribution in [0.2, 0.25) is 5.02 Å². The van der Waals surface area contributed by atoms with Gasteiger partial charge >= 0.3 is 0 Å². The number of amides is 4. The van der Waals surface area contributed by atoms with E-state index < -0.39 is 29.7 Å². The molecular formula is C42H45ClN8O5. The minimum absolute atomic E-state index is 0.0121. The van der Waals surface area contributed by atoms with Crippen molar-refractivity contribution in [3.8, 4) is 5.75 Å². The number of pyridine rings is 1. The first-order valence-corrected chi connectivity index (χ1v) is 20.1. The molecule has 4 amide bonds. The van der Waals surface area contributed by atoms with Crippen molar-refractivity contribution in [1.29, 1.82) is 0 Å². The maximum Gasteiger partial charge on any atom is 0.262 e. The van der Waals surface area contributed by atoms with E-state index in [4.69, 9.17) is 27.9 Å². The summed E-state index contributed by atoms with van der Waals surface area (Å²) < 4.78 is 6.23. The third kappa shape index (κ3) is 6.62. The Kier molecular flexibility index (Phi) is 9.37. The number of imide groups is 2. The van der Waals surface area contributed by atoms with E-state index in [9.17, 15) is 19.2 Å². The fraction of sp³-hybridized carbons (Fsp3) is 0.476. The molecule has 0 bridgehead atoms. The second kappa shape index (κ2) is 14.4. The number of hydrogen-bond acceptors (Lipinski definition) is 10. The van der Waals surface area contributed by atoms with Crippen LogP contribution in [0.5, 0.6) is 5.75 Å². The number of benzene rings is 2. The lowest BCUT2D eigenvalue weighted by atomic mass is 9.76. The van der Waals surface area contributed by atoms with Crippen LogP contribution in [0.1, 0.15) is 72.6 Å². The SMILES string of the molecule is [C-]#[N+]c1ccc(N2CC3(CCN(c4ccc(N5CCC(N6CC(Oc7ccc8c(c7)C(=O)N(C7CCC(=O)NC7=O)C8=O)C6)CC5)nc4)CC3)C[C@@H]2C)cc1Cl. The van der Waals surface area contributed by atoms with Crippen LogP contribution in [0.3, 0.4) is 0 Å². The Morgan fingerprint density at radius 2 is 1.64 bits per heavy atom. The van der Waals surface area contributed by atoms with E-state index in [2.05, 4.69) is 48.8 Å². The van der Waals surface area contributed by atoms with Crippen LogP contribution in [0.4, 0.5) is 22.9 Å². The van der Waals surface area contributed by atoms with Crippen molar-refractivity contribution < 1.29 is 23.9 Å². The highest BCUT2D eigenvalue weighted by Crippen LogP contribution is 2.46. The lowest BCUT2D eigenvalue weighted by molar-refractivity contribution is -0.136.